The highest BCUT2D eigenvalue weighted by molar-refractivity contribution is 5.80. The molecule has 2 aliphatic rings. The fourth-order valence-corrected chi connectivity index (χ4v) is 5.38. The summed E-state index contributed by atoms with van der Waals surface area (Å²) < 4.78 is 1.80. The maximum atomic E-state index is 12.7. The summed E-state index contributed by atoms with van der Waals surface area (Å²) in [5, 5.41) is 1.19. The maximum Gasteiger partial charge on any atom is 0.256 e. The number of nitrogens with zero attached hydrogens (tertiary/aromatic N) is 5. The monoisotopic (exact) mass is 445 g/mol. The minimum Gasteiger partial charge on any atom is -0.354 e. The predicted molar refractivity (Wildman–Crippen MR) is 134 cm³/mol. The number of aryl methyl sites for hydroxylation is 2. The van der Waals surface area contributed by atoms with Crippen LogP contribution in [0.25, 0.3) is 10.9 Å². The molecule has 1 saturated heterocycles. The molecule has 1 aliphatic carbocycles. The third-order valence-electron chi connectivity index (χ3n) is 7.52. The van der Waals surface area contributed by atoms with Crippen molar-refractivity contribution in [3.05, 3.63) is 63.8 Å². The Bertz CT molecular complexity index is 1180. The fourth-order valence-electron chi connectivity index (χ4n) is 5.38. The van der Waals surface area contributed by atoms with Crippen LogP contribution in [0.2, 0.25) is 0 Å². The Balaban J connectivity index is 1.14. The maximum absolute atomic E-state index is 12.7. The van der Waals surface area contributed by atoms with Crippen molar-refractivity contribution in [3.8, 4) is 0 Å². The standard InChI is InChI=1S/C27H35N5O/c1-20(8-7-13-25-29-24-12-6-4-10-22(24)27(33)30(25)2)31-16-18-32(19-17-31)26-15-14-21-9-3-5-11-23(21)28-26/h3,5,9,11,14-15,20H,4,6-8,10,12-13,16-19H2,1-2H3. The molecular formula is C27H35N5O. The molecule has 1 atom stereocenters. The van der Waals surface area contributed by atoms with Crippen molar-refractivity contribution in [2.75, 3.05) is 31.1 Å². The summed E-state index contributed by atoms with van der Waals surface area (Å²) in [5.41, 5.74) is 3.27. The molecule has 3 heterocycles. The summed E-state index contributed by atoms with van der Waals surface area (Å²) >= 11 is 0. The van der Waals surface area contributed by atoms with Crippen LogP contribution < -0.4 is 10.5 Å². The summed E-state index contributed by atoms with van der Waals surface area (Å²) in [6, 6.07) is 13.2. The molecule has 6 heteroatoms. The van der Waals surface area contributed by atoms with Crippen molar-refractivity contribution < 1.29 is 0 Å². The van der Waals surface area contributed by atoms with Gasteiger partial charge in [-0.3, -0.25) is 14.3 Å². The number of piperazine rings is 1. The van der Waals surface area contributed by atoms with Gasteiger partial charge in [0.15, 0.2) is 0 Å². The molecule has 0 radical (unpaired) electrons. The molecule has 5 rings (SSSR count). The molecule has 1 unspecified atom stereocenters. The average Bonchev–Trinajstić information content (AvgIpc) is 2.86. The molecule has 2 aromatic heterocycles. The van der Waals surface area contributed by atoms with Crippen LogP contribution in [-0.2, 0) is 26.3 Å². The zero-order valence-corrected chi connectivity index (χ0v) is 20.0. The van der Waals surface area contributed by atoms with E-state index in [0.29, 0.717) is 6.04 Å². The first kappa shape index (κ1) is 22.1. The van der Waals surface area contributed by atoms with E-state index in [-0.39, 0.29) is 5.56 Å². The highest BCUT2D eigenvalue weighted by atomic mass is 16.1. The first-order valence-electron chi connectivity index (χ1n) is 12.5. The average molecular weight is 446 g/mol. The molecule has 1 aliphatic heterocycles. The Kier molecular flexibility index (Phi) is 6.45. The lowest BCUT2D eigenvalue weighted by Gasteiger charge is -2.38. The topological polar surface area (TPSA) is 54.3 Å². The molecule has 0 N–H and O–H groups in total. The van der Waals surface area contributed by atoms with Crippen molar-refractivity contribution in [2.24, 2.45) is 7.05 Å². The van der Waals surface area contributed by atoms with Gasteiger partial charge in [-0.2, -0.15) is 0 Å². The molecule has 1 aromatic carbocycles. The number of fused-ring (bicyclic) bond motifs is 2. The minimum absolute atomic E-state index is 0.182. The second-order valence-corrected chi connectivity index (χ2v) is 9.65. The number of para-hydroxylation sites is 1. The highest BCUT2D eigenvalue weighted by Gasteiger charge is 2.22. The second kappa shape index (κ2) is 9.64. The SMILES string of the molecule is CC(CCCc1nc2c(c(=O)n1C)CCCC2)N1CCN(c2ccc3ccccc3n2)CC1. The largest absolute Gasteiger partial charge is 0.354 e. The van der Waals surface area contributed by atoms with Gasteiger partial charge in [0.2, 0.25) is 0 Å². The van der Waals surface area contributed by atoms with E-state index in [1.165, 1.54) is 5.39 Å². The second-order valence-electron chi connectivity index (χ2n) is 9.65. The van der Waals surface area contributed by atoms with Gasteiger partial charge in [-0.15, -0.1) is 0 Å². The van der Waals surface area contributed by atoms with E-state index in [1.807, 2.05) is 7.05 Å². The Hall–Kier alpha value is -2.73. The van der Waals surface area contributed by atoms with E-state index in [4.69, 9.17) is 9.97 Å². The van der Waals surface area contributed by atoms with E-state index in [0.717, 1.165) is 99.5 Å². The molecule has 0 amide bonds. The number of pyridine rings is 1. The lowest BCUT2D eigenvalue weighted by atomic mass is 9.97. The molecule has 3 aromatic rings. The van der Waals surface area contributed by atoms with Crippen molar-refractivity contribution in [3.63, 3.8) is 0 Å². The van der Waals surface area contributed by atoms with Crippen molar-refractivity contribution >= 4 is 16.7 Å². The van der Waals surface area contributed by atoms with Crippen LogP contribution in [0.4, 0.5) is 5.82 Å². The number of hydrogen-bond acceptors (Lipinski definition) is 5. The first-order valence-corrected chi connectivity index (χ1v) is 12.5. The number of anilines is 1. The van der Waals surface area contributed by atoms with Gasteiger partial charge < -0.3 is 4.90 Å². The Morgan fingerprint density at radius 2 is 1.76 bits per heavy atom. The summed E-state index contributed by atoms with van der Waals surface area (Å²) in [5.74, 6) is 2.04. The zero-order chi connectivity index (χ0) is 22.8. The smallest absolute Gasteiger partial charge is 0.256 e. The number of benzene rings is 1. The Labute approximate surface area is 196 Å². The van der Waals surface area contributed by atoms with Crippen LogP contribution >= 0.6 is 0 Å². The molecule has 0 spiro atoms. The number of hydrogen-bond donors (Lipinski definition) is 0. The normalized spacial score (nSPS) is 17.8. The van der Waals surface area contributed by atoms with E-state index in [9.17, 15) is 4.79 Å². The summed E-state index contributed by atoms with van der Waals surface area (Å²) in [6.07, 6.45) is 7.20. The van der Waals surface area contributed by atoms with Gasteiger partial charge in [0.1, 0.15) is 11.6 Å². The third kappa shape index (κ3) is 4.67. The van der Waals surface area contributed by atoms with Crippen LogP contribution in [0.15, 0.2) is 41.2 Å². The fraction of sp³-hybridized carbons (Fsp3) is 0.519. The third-order valence-corrected chi connectivity index (χ3v) is 7.52. The molecule has 0 bridgehead atoms. The quantitative estimate of drug-likeness (QED) is 0.579. The van der Waals surface area contributed by atoms with Gasteiger partial charge in [0, 0.05) is 56.6 Å². The first-order chi connectivity index (χ1) is 16.1. The van der Waals surface area contributed by atoms with Gasteiger partial charge in [-0.25, -0.2) is 9.97 Å². The van der Waals surface area contributed by atoms with Gasteiger partial charge >= 0.3 is 0 Å². The molecular weight excluding hydrogens is 410 g/mol. The van der Waals surface area contributed by atoms with E-state index >= 15 is 0 Å². The number of rotatable bonds is 6. The van der Waals surface area contributed by atoms with Gasteiger partial charge in [0.05, 0.1) is 11.2 Å². The molecule has 1 fully saturated rings. The number of aromatic nitrogens is 3. The van der Waals surface area contributed by atoms with E-state index in [2.05, 4.69) is 53.1 Å². The molecule has 174 valence electrons. The van der Waals surface area contributed by atoms with Gasteiger partial charge in [-0.1, -0.05) is 18.2 Å². The summed E-state index contributed by atoms with van der Waals surface area (Å²) in [6.45, 7) is 6.48. The van der Waals surface area contributed by atoms with Crippen molar-refractivity contribution in [1.82, 2.24) is 19.4 Å². The van der Waals surface area contributed by atoms with Crippen molar-refractivity contribution in [1.29, 1.82) is 0 Å². The van der Waals surface area contributed by atoms with E-state index in [1.54, 1.807) is 4.57 Å². The zero-order valence-electron chi connectivity index (χ0n) is 20.0. The minimum atomic E-state index is 0.182. The molecule has 6 nitrogen and oxygen atoms in total. The van der Waals surface area contributed by atoms with Crippen LogP contribution in [-0.4, -0.2) is 51.7 Å². The predicted octanol–water partition coefficient (Wildman–Crippen LogP) is 3.74. The van der Waals surface area contributed by atoms with Gasteiger partial charge in [0.25, 0.3) is 5.56 Å². The lowest BCUT2D eigenvalue weighted by Crippen LogP contribution is -2.49. The molecule has 0 saturated carbocycles. The van der Waals surface area contributed by atoms with Crippen molar-refractivity contribution in [2.45, 2.75) is 57.9 Å². The summed E-state index contributed by atoms with van der Waals surface area (Å²) in [7, 11) is 1.89. The van der Waals surface area contributed by atoms with E-state index < -0.39 is 0 Å². The van der Waals surface area contributed by atoms with Crippen LogP contribution in [0, 0.1) is 0 Å². The highest BCUT2D eigenvalue weighted by Crippen LogP contribution is 2.21. The van der Waals surface area contributed by atoms with Gasteiger partial charge in [-0.05, 0) is 63.6 Å². The Morgan fingerprint density at radius 1 is 0.970 bits per heavy atom. The van der Waals surface area contributed by atoms with Crippen LogP contribution in [0.5, 0.6) is 0 Å². The lowest BCUT2D eigenvalue weighted by molar-refractivity contribution is 0.186. The Morgan fingerprint density at radius 3 is 2.61 bits per heavy atom. The van der Waals surface area contributed by atoms with Crippen LogP contribution in [0.3, 0.4) is 0 Å². The van der Waals surface area contributed by atoms with Crippen LogP contribution in [0.1, 0.15) is 49.7 Å². The molecule has 33 heavy (non-hydrogen) atoms. The summed E-state index contributed by atoms with van der Waals surface area (Å²) in [4.78, 5) is 27.5.